The molecule has 2 N–H and O–H groups in total. The molecular formula is C38H76O4. The highest BCUT2D eigenvalue weighted by Gasteiger charge is 1.99. The second kappa shape index (κ2) is 38.0. The smallest absolute Gasteiger partial charge is 0.303 e. The van der Waals surface area contributed by atoms with Crippen LogP contribution in [0.1, 0.15) is 226 Å². The van der Waals surface area contributed by atoms with E-state index in [1.807, 2.05) is 0 Å². The summed E-state index contributed by atoms with van der Waals surface area (Å²) in [4.78, 5) is 20.7. The maximum absolute atomic E-state index is 10.4. The molecule has 42 heavy (non-hydrogen) atoms. The molecule has 0 heterocycles. The Morgan fingerprint density at radius 1 is 0.381 bits per heavy atom. The molecule has 0 rings (SSSR count). The lowest BCUT2D eigenvalue weighted by molar-refractivity contribution is -0.138. The van der Waals surface area contributed by atoms with Crippen LogP contribution in [0.4, 0.5) is 0 Å². The van der Waals surface area contributed by atoms with E-state index in [0.717, 1.165) is 31.6 Å². The van der Waals surface area contributed by atoms with Gasteiger partial charge >= 0.3 is 11.9 Å². The predicted molar refractivity (Wildman–Crippen MR) is 184 cm³/mol. The second-order valence-electron chi connectivity index (χ2n) is 13.4. The van der Waals surface area contributed by atoms with Gasteiger partial charge < -0.3 is 10.2 Å². The normalized spacial score (nSPS) is 11.0. The van der Waals surface area contributed by atoms with Gasteiger partial charge in [0.2, 0.25) is 0 Å². The fourth-order valence-corrected chi connectivity index (χ4v) is 5.60. The van der Waals surface area contributed by atoms with E-state index in [0.29, 0.717) is 12.8 Å². The van der Waals surface area contributed by atoms with Crippen LogP contribution in [-0.4, -0.2) is 22.2 Å². The molecule has 4 heteroatoms. The summed E-state index contributed by atoms with van der Waals surface area (Å²) in [5.41, 5.74) is 0. The third-order valence-electron chi connectivity index (χ3n) is 8.42. The standard InChI is InChI=1S/C20H40O2.C18H36O2/c1-2-3-4-5-6-7-8-9-10-11-12-13-14-15-16-17-18-19-20(21)22;1-17(2)15-13-11-9-7-5-3-4-6-8-10-12-14-16-18(19)20/h2-19H2,1H3,(H,21,22);17H,3-16H2,1-2H3,(H,19,20). The minimum absolute atomic E-state index is 0.344. The minimum atomic E-state index is -0.654. The predicted octanol–water partition coefficient (Wildman–Crippen LogP) is 13.3. The summed E-state index contributed by atoms with van der Waals surface area (Å²) < 4.78 is 0. The molecule has 0 aliphatic heterocycles. The molecule has 0 saturated heterocycles. The van der Waals surface area contributed by atoms with Gasteiger partial charge in [-0.3, -0.25) is 9.59 Å². The summed E-state index contributed by atoms with van der Waals surface area (Å²) in [6.07, 6.45) is 40.5. The molecule has 0 atom stereocenters. The van der Waals surface area contributed by atoms with Crippen LogP contribution in [0.15, 0.2) is 0 Å². The van der Waals surface area contributed by atoms with Crippen LogP contribution in [0.5, 0.6) is 0 Å². The highest BCUT2D eigenvalue weighted by molar-refractivity contribution is 5.66. The summed E-state index contributed by atoms with van der Waals surface area (Å²) in [7, 11) is 0. The summed E-state index contributed by atoms with van der Waals surface area (Å²) >= 11 is 0. The van der Waals surface area contributed by atoms with E-state index in [2.05, 4.69) is 20.8 Å². The van der Waals surface area contributed by atoms with Crippen molar-refractivity contribution in [2.45, 2.75) is 226 Å². The summed E-state index contributed by atoms with van der Waals surface area (Å²) in [5, 5.41) is 17.1. The van der Waals surface area contributed by atoms with Crippen LogP contribution in [0.3, 0.4) is 0 Å². The maximum Gasteiger partial charge on any atom is 0.303 e. The lowest BCUT2D eigenvalue weighted by atomic mass is 10.0. The number of hydrogen-bond donors (Lipinski definition) is 2. The molecular weight excluding hydrogens is 520 g/mol. The third kappa shape index (κ3) is 45.9. The zero-order valence-electron chi connectivity index (χ0n) is 28.9. The van der Waals surface area contributed by atoms with Gasteiger partial charge in [0.05, 0.1) is 0 Å². The highest BCUT2D eigenvalue weighted by atomic mass is 16.4. The largest absolute Gasteiger partial charge is 0.481 e. The van der Waals surface area contributed by atoms with Gasteiger partial charge in [-0.1, -0.05) is 201 Å². The number of rotatable bonds is 33. The van der Waals surface area contributed by atoms with Crippen molar-refractivity contribution < 1.29 is 19.8 Å². The van der Waals surface area contributed by atoms with Gasteiger partial charge in [0, 0.05) is 12.8 Å². The average Bonchev–Trinajstić information content (AvgIpc) is 2.94. The van der Waals surface area contributed by atoms with Crippen LogP contribution in [0, 0.1) is 5.92 Å². The van der Waals surface area contributed by atoms with Crippen LogP contribution in [-0.2, 0) is 9.59 Å². The van der Waals surface area contributed by atoms with E-state index < -0.39 is 11.9 Å². The van der Waals surface area contributed by atoms with Gasteiger partial charge in [0.25, 0.3) is 0 Å². The van der Waals surface area contributed by atoms with Gasteiger partial charge in [-0.15, -0.1) is 0 Å². The lowest BCUT2D eigenvalue weighted by Crippen LogP contribution is -1.93. The number of hydrogen-bond acceptors (Lipinski definition) is 2. The highest BCUT2D eigenvalue weighted by Crippen LogP contribution is 2.15. The quantitative estimate of drug-likeness (QED) is 0.0739. The Morgan fingerprint density at radius 3 is 0.810 bits per heavy atom. The van der Waals surface area contributed by atoms with E-state index in [-0.39, 0.29) is 0 Å². The molecule has 0 saturated carbocycles. The number of carboxylic acids is 2. The fourth-order valence-electron chi connectivity index (χ4n) is 5.60. The van der Waals surface area contributed by atoms with E-state index in [9.17, 15) is 9.59 Å². The monoisotopic (exact) mass is 597 g/mol. The first kappa shape index (κ1) is 43.1. The molecule has 0 amide bonds. The Morgan fingerprint density at radius 2 is 0.595 bits per heavy atom. The van der Waals surface area contributed by atoms with E-state index >= 15 is 0 Å². The Bertz CT molecular complexity index is 531. The maximum atomic E-state index is 10.4. The Hall–Kier alpha value is -1.06. The van der Waals surface area contributed by atoms with Crippen LogP contribution >= 0.6 is 0 Å². The van der Waals surface area contributed by atoms with Crippen molar-refractivity contribution in [3.8, 4) is 0 Å². The van der Waals surface area contributed by atoms with E-state index in [4.69, 9.17) is 10.2 Å². The molecule has 0 aromatic rings. The average molecular weight is 597 g/mol. The van der Waals surface area contributed by atoms with Crippen molar-refractivity contribution in [3.63, 3.8) is 0 Å². The van der Waals surface area contributed by atoms with Gasteiger partial charge in [0.15, 0.2) is 0 Å². The molecule has 0 fully saturated rings. The van der Waals surface area contributed by atoms with Gasteiger partial charge in [-0.05, 0) is 18.8 Å². The Labute approximate surface area is 263 Å². The van der Waals surface area contributed by atoms with Gasteiger partial charge in [0.1, 0.15) is 0 Å². The first-order valence-corrected chi connectivity index (χ1v) is 18.8. The number of carbonyl (C=O) groups is 2. The summed E-state index contributed by atoms with van der Waals surface area (Å²) in [5.74, 6) is -0.440. The summed E-state index contributed by atoms with van der Waals surface area (Å²) in [6.45, 7) is 6.89. The first-order chi connectivity index (χ1) is 20.4. The molecule has 0 bridgehead atoms. The topological polar surface area (TPSA) is 74.6 Å². The van der Waals surface area contributed by atoms with Crippen LogP contribution in [0.2, 0.25) is 0 Å². The molecule has 0 aliphatic carbocycles. The van der Waals surface area contributed by atoms with Gasteiger partial charge in [-0.25, -0.2) is 0 Å². The molecule has 4 nitrogen and oxygen atoms in total. The van der Waals surface area contributed by atoms with Crippen molar-refractivity contribution in [2.75, 3.05) is 0 Å². The molecule has 0 aromatic carbocycles. The minimum Gasteiger partial charge on any atom is -0.481 e. The summed E-state index contributed by atoms with van der Waals surface area (Å²) in [6, 6.07) is 0. The van der Waals surface area contributed by atoms with Crippen LogP contribution in [0.25, 0.3) is 0 Å². The van der Waals surface area contributed by atoms with E-state index in [1.54, 1.807) is 0 Å². The number of carboxylic acid groups (broad SMARTS) is 2. The fraction of sp³-hybridized carbons (Fsp3) is 0.947. The zero-order chi connectivity index (χ0) is 31.4. The molecule has 0 unspecified atom stereocenters. The van der Waals surface area contributed by atoms with E-state index in [1.165, 1.54) is 167 Å². The van der Waals surface area contributed by atoms with Crippen molar-refractivity contribution in [1.82, 2.24) is 0 Å². The molecule has 0 spiro atoms. The molecule has 0 radical (unpaired) electrons. The zero-order valence-corrected chi connectivity index (χ0v) is 28.9. The first-order valence-electron chi connectivity index (χ1n) is 18.8. The van der Waals surface area contributed by atoms with Gasteiger partial charge in [-0.2, -0.15) is 0 Å². The van der Waals surface area contributed by atoms with Crippen molar-refractivity contribution in [1.29, 1.82) is 0 Å². The number of unbranched alkanes of at least 4 members (excludes halogenated alkanes) is 27. The molecule has 0 aromatic heterocycles. The van der Waals surface area contributed by atoms with Crippen molar-refractivity contribution >= 4 is 11.9 Å². The van der Waals surface area contributed by atoms with Crippen molar-refractivity contribution in [3.05, 3.63) is 0 Å². The van der Waals surface area contributed by atoms with Crippen LogP contribution < -0.4 is 0 Å². The number of aliphatic carboxylic acids is 2. The Kier molecular flexibility index (Phi) is 38.9. The third-order valence-corrected chi connectivity index (χ3v) is 8.42. The lowest BCUT2D eigenvalue weighted by Gasteiger charge is -2.04. The van der Waals surface area contributed by atoms with Crippen molar-refractivity contribution in [2.24, 2.45) is 5.92 Å². The molecule has 0 aliphatic rings. The molecule has 252 valence electrons. The SMILES string of the molecule is CC(C)CCCCCCCCCCCCCCC(=O)O.CCCCCCCCCCCCCCCCCCCC(=O)O. The second-order valence-corrected chi connectivity index (χ2v) is 13.4. The Balaban J connectivity index is 0.